The molecule has 0 spiro atoms. The Morgan fingerprint density at radius 1 is 1.14 bits per heavy atom. The highest BCUT2D eigenvalue weighted by atomic mass is 19.1. The number of hydrogen-bond acceptors (Lipinski definition) is 4. The molecule has 29 heavy (non-hydrogen) atoms. The lowest BCUT2D eigenvalue weighted by molar-refractivity contribution is -0.149. The van der Waals surface area contributed by atoms with E-state index in [2.05, 4.69) is 5.32 Å². The summed E-state index contributed by atoms with van der Waals surface area (Å²) in [5, 5.41) is 3.01. The van der Waals surface area contributed by atoms with E-state index in [1.54, 1.807) is 13.1 Å². The summed E-state index contributed by atoms with van der Waals surface area (Å²) < 4.78 is 20.7. The van der Waals surface area contributed by atoms with Crippen LogP contribution >= 0.6 is 0 Å². The molecule has 2 fully saturated rings. The number of carbonyl (C=O) groups is 2. The zero-order valence-electron chi connectivity index (χ0n) is 17.1. The first-order valence-electron chi connectivity index (χ1n) is 10.8. The predicted molar refractivity (Wildman–Crippen MR) is 107 cm³/mol. The molecule has 2 atom stereocenters. The number of pyridine rings is 1. The van der Waals surface area contributed by atoms with E-state index in [9.17, 15) is 18.8 Å². The maximum absolute atomic E-state index is 14.1. The van der Waals surface area contributed by atoms with E-state index in [0.29, 0.717) is 38.0 Å². The molecular weight excluding hydrogens is 375 g/mol. The van der Waals surface area contributed by atoms with Crippen LogP contribution in [0, 0.1) is 11.8 Å². The minimum absolute atomic E-state index is 0.00196. The molecule has 2 aliphatic carbocycles. The topological polar surface area (TPSA) is 77.4 Å². The highest BCUT2D eigenvalue weighted by molar-refractivity contribution is 5.94. The van der Waals surface area contributed by atoms with Crippen LogP contribution in [0.25, 0.3) is 0 Å². The van der Waals surface area contributed by atoms with Gasteiger partial charge in [-0.15, -0.1) is 0 Å². The molecule has 1 heterocycles. The molecular formula is C22H31FN2O4. The molecule has 0 radical (unpaired) electrons. The monoisotopic (exact) mass is 406 g/mol. The number of ether oxygens (including phenoxy) is 1. The summed E-state index contributed by atoms with van der Waals surface area (Å²) in [5.74, 6) is -0.649. The first kappa shape index (κ1) is 21.5. The molecule has 3 rings (SSSR count). The smallest absolute Gasteiger partial charge is 0.308 e. The van der Waals surface area contributed by atoms with Crippen molar-refractivity contribution in [3.05, 3.63) is 34.2 Å². The fourth-order valence-electron chi connectivity index (χ4n) is 4.43. The predicted octanol–water partition coefficient (Wildman–Crippen LogP) is 3.23. The molecule has 2 saturated carbocycles. The Hall–Kier alpha value is -2.18. The van der Waals surface area contributed by atoms with Crippen molar-refractivity contribution in [3.63, 3.8) is 0 Å². The Labute approximate surface area is 170 Å². The number of alkyl halides is 1. The third kappa shape index (κ3) is 5.67. The normalized spacial score (nSPS) is 27.2. The van der Waals surface area contributed by atoms with Gasteiger partial charge >= 0.3 is 5.97 Å². The molecule has 1 aromatic heterocycles. The van der Waals surface area contributed by atoms with E-state index in [-0.39, 0.29) is 35.3 Å². The number of halogens is 1. The molecule has 0 aromatic carbocycles. The summed E-state index contributed by atoms with van der Waals surface area (Å²) >= 11 is 0. The van der Waals surface area contributed by atoms with E-state index in [0.717, 1.165) is 32.1 Å². The van der Waals surface area contributed by atoms with Crippen LogP contribution in [0.1, 0.15) is 68.6 Å². The summed E-state index contributed by atoms with van der Waals surface area (Å²) in [5.41, 5.74) is 0.192. The maximum atomic E-state index is 14.1. The molecule has 1 amide bonds. The fraction of sp³-hybridized carbons (Fsp3) is 0.682. The number of nitrogens with one attached hydrogen (secondary N) is 1. The summed E-state index contributed by atoms with van der Waals surface area (Å²) in [4.78, 5) is 36.7. The van der Waals surface area contributed by atoms with Crippen molar-refractivity contribution in [3.8, 4) is 0 Å². The fourth-order valence-corrected chi connectivity index (χ4v) is 4.43. The zero-order valence-corrected chi connectivity index (χ0v) is 17.1. The highest BCUT2D eigenvalue weighted by Gasteiger charge is 2.28. The Bertz CT molecular complexity index is 770. The van der Waals surface area contributed by atoms with Gasteiger partial charge in [-0.05, 0) is 51.5 Å². The molecule has 0 saturated heterocycles. The molecule has 0 aliphatic heterocycles. The van der Waals surface area contributed by atoms with Crippen molar-refractivity contribution in [2.24, 2.45) is 11.8 Å². The lowest BCUT2D eigenvalue weighted by atomic mass is 9.86. The van der Waals surface area contributed by atoms with Crippen LogP contribution in [0.5, 0.6) is 0 Å². The number of hydrogen-bond donors (Lipinski definition) is 1. The third-order valence-corrected chi connectivity index (χ3v) is 6.18. The van der Waals surface area contributed by atoms with Gasteiger partial charge in [-0.1, -0.05) is 12.8 Å². The second-order valence-electron chi connectivity index (χ2n) is 8.24. The van der Waals surface area contributed by atoms with Crippen LogP contribution < -0.4 is 10.9 Å². The molecule has 7 heteroatoms. The highest BCUT2D eigenvalue weighted by Crippen LogP contribution is 2.28. The standard InChI is InChI=1S/C22H31FN2O4/c1-2-29-22(28)15-7-10-18(11-8-15)24-21(27)17-9-12-20(26)25(14-17)13-16-5-3-4-6-19(16)23/h9,12,14-16,18-19H,2-8,10-11,13H2,1H3,(H,24,27). The van der Waals surface area contributed by atoms with E-state index in [1.807, 2.05) is 0 Å². The molecule has 2 unspecified atom stereocenters. The zero-order chi connectivity index (χ0) is 20.8. The molecule has 1 N–H and O–H groups in total. The minimum atomic E-state index is -0.886. The molecule has 1 aromatic rings. The number of rotatable bonds is 6. The third-order valence-electron chi connectivity index (χ3n) is 6.18. The van der Waals surface area contributed by atoms with Crippen molar-refractivity contribution in [2.75, 3.05) is 6.61 Å². The molecule has 6 nitrogen and oxygen atoms in total. The summed E-state index contributed by atoms with van der Waals surface area (Å²) in [6, 6.07) is 2.90. The van der Waals surface area contributed by atoms with E-state index in [4.69, 9.17) is 4.74 Å². The number of nitrogens with zero attached hydrogens (tertiary/aromatic N) is 1. The number of carbonyl (C=O) groups excluding carboxylic acids is 2. The summed E-state index contributed by atoms with van der Waals surface area (Å²) in [6.07, 6.45) is 6.70. The first-order chi connectivity index (χ1) is 14.0. The Morgan fingerprint density at radius 3 is 2.55 bits per heavy atom. The van der Waals surface area contributed by atoms with Crippen molar-refractivity contribution in [2.45, 2.75) is 77.0 Å². The molecule has 2 aliphatic rings. The van der Waals surface area contributed by atoms with Crippen molar-refractivity contribution < 1.29 is 18.7 Å². The summed E-state index contributed by atoms with van der Waals surface area (Å²) in [6.45, 7) is 2.49. The SMILES string of the molecule is CCOC(=O)C1CCC(NC(=O)c2ccc(=O)n(CC3CCCCC3F)c2)CC1. The minimum Gasteiger partial charge on any atom is -0.466 e. The Kier molecular flexibility index (Phi) is 7.45. The number of amides is 1. The van der Waals surface area contributed by atoms with Gasteiger partial charge in [0.1, 0.15) is 6.17 Å². The first-order valence-corrected chi connectivity index (χ1v) is 10.8. The molecule has 160 valence electrons. The van der Waals surface area contributed by atoms with Gasteiger partial charge in [-0.25, -0.2) is 4.39 Å². The van der Waals surface area contributed by atoms with Crippen molar-refractivity contribution in [1.29, 1.82) is 0 Å². The average molecular weight is 406 g/mol. The van der Waals surface area contributed by atoms with E-state index < -0.39 is 6.17 Å². The number of aromatic nitrogens is 1. The largest absolute Gasteiger partial charge is 0.466 e. The van der Waals surface area contributed by atoms with Crippen LogP contribution in [0.2, 0.25) is 0 Å². The van der Waals surface area contributed by atoms with Gasteiger partial charge in [0.05, 0.1) is 18.1 Å². The van der Waals surface area contributed by atoms with Crippen molar-refractivity contribution >= 4 is 11.9 Å². The Balaban J connectivity index is 1.57. The van der Waals surface area contributed by atoms with E-state index in [1.165, 1.54) is 16.7 Å². The van der Waals surface area contributed by atoms with Gasteiger partial charge < -0.3 is 14.6 Å². The van der Waals surface area contributed by atoms with Crippen LogP contribution in [0.15, 0.2) is 23.1 Å². The van der Waals surface area contributed by atoms with Gasteiger partial charge in [0.2, 0.25) is 0 Å². The summed E-state index contributed by atoms with van der Waals surface area (Å²) in [7, 11) is 0. The number of esters is 1. The van der Waals surface area contributed by atoms with Crippen LogP contribution in [-0.2, 0) is 16.1 Å². The second kappa shape index (κ2) is 10.0. The van der Waals surface area contributed by atoms with Gasteiger partial charge in [-0.3, -0.25) is 14.4 Å². The van der Waals surface area contributed by atoms with Gasteiger partial charge in [-0.2, -0.15) is 0 Å². The quantitative estimate of drug-likeness (QED) is 0.736. The van der Waals surface area contributed by atoms with Crippen LogP contribution in [0.3, 0.4) is 0 Å². The van der Waals surface area contributed by atoms with Gasteiger partial charge in [0.15, 0.2) is 0 Å². The van der Waals surface area contributed by atoms with Gasteiger partial charge in [0.25, 0.3) is 11.5 Å². The van der Waals surface area contributed by atoms with Crippen LogP contribution in [0.4, 0.5) is 4.39 Å². The lowest BCUT2D eigenvalue weighted by Crippen LogP contribution is -2.39. The maximum Gasteiger partial charge on any atom is 0.308 e. The Morgan fingerprint density at radius 2 is 1.86 bits per heavy atom. The second-order valence-corrected chi connectivity index (χ2v) is 8.24. The van der Waals surface area contributed by atoms with Crippen LogP contribution in [-0.4, -0.2) is 35.3 Å². The molecule has 0 bridgehead atoms. The van der Waals surface area contributed by atoms with Crippen molar-refractivity contribution in [1.82, 2.24) is 9.88 Å². The van der Waals surface area contributed by atoms with Gasteiger partial charge in [0, 0.05) is 30.8 Å². The van der Waals surface area contributed by atoms with E-state index >= 15 is 0 Å². The lowest BCUT2D eigenvalue weighted by Gasteiger charge is -2.28. The average Bonchev–Trinajstić information content (AvgIpc) is 2.72.